The SMILES string of the molecule is CC(=O)CC(=O)OC=O.CCCCCCCCOC(=O)c1ccccc1C(=O)OCCCCCCCC. The third kappa shape index (κ3) is 18.8. The molecule has 0 aliphatic heterocycles. The van der Waals surface area contributed by atoms with Crippen LogP contribution in [-0.4, -0.2) is 43.4 Å². The van der Waals surface area contributed by atoms with Crippen LogP contribution in [0.25, 0.3) is 0 Å². The molecule has 0 aliphatic rings. The van der Waals surface area contributed by atoms with Gasteiger partial charge in [0.1, 0.15) is 12.2 Å². The van der Waals surface area contributed by atoms with Crippen LogP contribution in [-0.2, 0) is 28.6 Å². The van der Waals surface area contributed by atoms with E-state index >= 15 is 0 Å². The lowest BCUT2D eigenvalue weighted by Gasteiger charge is -2.10. The topological polar surface area (TPSA) is 113 Å². The molecule has 0 saturated carbocycles. The Morgan fingerprint density at radius 2 is 1.08 bits per heavy atom. The van der Waals surface area contributed by atoms with E-state index < -0.39 is 17.9 Å². The van der Waals surface area contributed by atoms with Gasteiger partial charge in [0.05, 0.1) is 24.3 Å². The molecule has 0 aromatic heterocycles. The minimum Gasteiger partial charge on any atom is -0.462 e. The van der Waals surface area contributed by atoms with Gasteiger partial charge < -0.3 is 14.2 Å². The minimum atomic E-state index is -0.808. The lowest BCUT2D eigenvalue weighted by molar-refractivity contribution is -0.152. The van der Waals surface area contributed by atoms with Crippen LogP contribution in [0.5, 0.6) is 0 Å². The van der Waals surface area contributed by atoms with Gasteiger partial charge in [-0.15, -0.1) is 0 Å². The molecule has 208 valence electrons. The molecule has 1 aromatic carbocycles. The number of carbonyl (C=O) groups is 5. The third-order valence-electron chi connectivity index (χ3n) is 5.40. The Hall–Kier alpha value is -3.03. The van der Waals surface area contributed by atoms with Crippen molar-refractivity contribution in [1.29, 1.82) is 0 Å². The van der Waals surface area contributed by atoms with Crippen molar-refractivity contribution in [3.63, 3.8) is 0 Å². The van der Waals surface area contributed by atoms with E-state index in [9.17, 15) is 24.0 Å². The normalized spacial score (nSPS) is 10.0. The maximum Gasteiger partial charge on any atom is 0.339 e. The second-order valence-electron chi connectivity index (χ2n) is 8.82. The second-order valence-corrected chi connectivity index (χ2v) is 8.82. The van der Waals surface area contributed by atoms with Crippen LogP contribution in [0.4, 0.5) is 0 Å². The summed E-state index contributed by atoms with van der Waals surface area (Å²) >= 11 is 0. The predicted octanol–water partition coefficient (Wildman–Crippen LogP) is 6.39. The number of benzene rings is 1. The lowest BCUT2D eigenvalue weighted by Crippen LogP contribution is -2.15. The van der Waals surface area contributed by atoms with Gasteiger partial charge in [-0.2, -0.15) is 0 Å². The number of ketones is 1. The van der Waals surface area contributed by atoms with Crippen LogP contribution in [0.2, 0.25) is 0 Å². The van der Waals surface area contributed by atoms with Gasteiger partial charge in [0.25, 0.3) is 0 Å². The number of Topliss-reactive ketones (excluding diaryl/α,β-unsaturated/α-hetero) is 1. The zero-order valence-corrected chi connectivity index (χ0v) is 22.8. The standard InChI is InChI=1S/C24H38O4.C5H6O4/c1-3-5-7-9-11-15-19-27-23(25)21-17-13-14-18-22(21)24(26)28-20-16-12-10-8-6-4-2;1-4(7)2-5(8)9-3-6/h13-14,17-18H,3-12,15-16,19-20H2,1-2H3;3H,2H2,1H3. The van der Waals surface area contributed by atoms with Crippen molar-refractivity contribution >= 4 is 30.2 Å². The molecule has 0 bridgehead atoms. The molecule has 0 fully saturated rings. The summed E-state index contributed by atoms with van der Waals surface area (Å²) in [6.45, 7) is 6.42. The van der Waals surface area contributed by atoms with Crippen LogP contribution in [0.15, 0.2) is 24.3 Å². The number of rotatable bonds is 19. The van der Waals surface area contributed by atoms with Crippen molar-refractivity contribution in [2.24, 2.45) is 0 Å². The number of ether oxygens (including phenoxy) is 3. The van der Waals surface area contributed by atoms with E-state index in [0.29, 0.717) is 24.3 Å². The molecule has 0 heterocycles. The summed E-state index contributed by atoms with van der Waals surface area (Å²) in [7, 11) is 0. The zero-order chi connectivity index (χ0) is 27.7. The minimum absolute atomic E-state index is 0.00523. The van der Waals surface area contributed by atoms with Gasteiger partial charge in [-0.05, 0) is 31.9 Å². The fourth-order valence-corrected chi connectivity index (χ4v) is 3.39. The summed E-state index contributed by atoms with van der Waals surface area (Å²) in [5.41, 5.74) is 0.586. The third-order valence-corrected chi connectivity index (χ3v) is 5.40. The van der Waals surface area contributed by atoms with Crippen LogP contribution in [0.1, 0.15) is 125 Å². The first-order valence-corrected chi connectivity index (χ1v) is 13.4. The van der Waals surface area contributed by atoms with Gasteiger partial charge in [0.15, 0.2) is 0 Å². The molecule has 0 atom stereocenters. The van der Waals surface area contributed by atoms with Gasteiger partial charge in [-0.25, -0.2) is 9.59 Å². The summed E-state index contributed by atoms with van der Waals surface area (Å²) < 4.78 is 14.5. The highest BCUT2D eigenvalue weighted by Gasteiger charge is 2.18. The molecular weight excluding hydrogens is 476 g/mol. The highest BCUT2D eigenvalue weighted by atomic mass is 16.6. The van der Waals surface area contributed by atoms with Gasteiger partial charge >= 0.3 is 24.4 Å². The smallest absolute Gasteiger partial charge is 0.339 e. The highest BCUT2D eigenvalue weighted by Crippen LogP contribution is 2.14. The first-order valence-electron chi connectivity index (χ1n) is 13.4. The fraction of sp³-hybridized carbons (Fsp3) is 0.621. The average Bonchev–Trinajstić information content (AvgIpc) is 2.87. The molecule has 0 radical (unpaired) electrons. The maximum atomic E-state index is 12.4. The lowest BCUT2D eigenvalue weighted by atomic mass is 10.1. The summed E-state index contributed by atoms with van der Waals surface area (Å²) in [4.78, 5) is 54.4. The summed E-state index contributed by atoms with van der Waals surface area (Å²) in [5, 5.41) is 0. The van der Waals surface area contributed by atoms with E-state index in [2.05, 4.69) is 18.6 Å². The molecule has 0 saturated heterocycles. The Labute approximate surface area is 221 Å². The van der Waals surface area contributed by atoms with E-state index in [1.807, 2.05) is 0 Å². The molecule has 8 heteroatoms. The average molecular weight is 521 g/mol. The second kappa shape index (κ2) is 23.4. The number of esters is 3. The van der Waals surface area contributed by atoms with Crippen molar-refractivity contribution in [3.05, 3.63) is 35.4 Å². The van der Waals surface area contributed by atoms with Gasteiger partial charge in [-0.1, -0.05) is 90.2 Å². The van der Waals surface area contributed by atoms with Crippen molar-refractivity contribution < 1.29 is 38.2 Å². The molecule has 0 spiro atoms. The van der Waals surface area contributed by atoms with E-state index in [1.165, 1.54) is 58.3 Å². The quantitative estimate of drug-likeness (QED) is 0.0678. The van der Waals surface area contributed by atoms with Gasteiger partial charge in [0.2, 0.25) is 0 Å². The first kappa shape index (κ1) is 34.0. The fourth-order valence-electron chi connectivity index (χ4n) is 3.39. The molecule has 8 nitrogen and oxygen atoms in total. The van der Waals surface area contributed by atoms with Crippen LogP contribution in [0.3, 0.4) is 0 Å². The molecule has 0 amide bonds. The molecule has 0 unspecified atom stereocenters. The van der Waals surface area contributed by atoms with E-state index in [1.54, 1.807) is 24.3 Å². The van der Waals surface area contributed by atoms with Crippen LogP contribution in [0, 0.1) is 0 Å². The van der Waals surface area contributed by atoms with Crippen molar-refractivity contribution in [2.45, 2.75) is 104 Å². The van der Waals surface area contributed by atoms with Crippen molar-refractivity contribution in [3.8, 4) is 0 Å². The monoisotopic (exact) mass is 520 g/mol. The maximum absolute atomic E-state index is 12.4. The van der Waals surface area contributed by atoms with Crippen LogP contribution >= 0.6 is 0 Å². The van der Waals surface area contributed by atoms with E-state index in [-0.39, 0.29) is 18.7 Å². The molecule has 0 N–H and O–H groups in total. The van der Waals surface area contributed by atoms with E-state index in [0.717, 1.165) is 25.7 Å². The van der Waals surface area contributed by atoms with Crippen molar-refractivity contribution in [2.75, 3.05) is 13.2 Å². The molecule has 1 rings (SSSR count). The summed E-state index contributed by atoms with van der Waals surface area (Å²) in [6.07, 6.45) is 13.3. The predicted molar refractivity (Wildman–Crippen MR) is 141 cm³/mol. The van der Waals surface area contributed by atoms with Crippen molar-refractivity contribution in [1.82, 2.24) is 0 Å². The largest absolute Gasteiger partial charge is 0.462 e. The summed E-state index contributed by atoms with van der Waals surface area (Å²) in [6, 6.07) is 6.74. The Morgan fingerprint density at radius 1 is 0.676 bits per heavy atom. The Balaban J connectivity index is 0.00000122. The van der Waals surface area contributed by atoms with Gasteiger partial charge in [0, 0.05) is 0 Å². The van der Waals surface area contributed by atoms with E-state index in [4.69, 9.17) is 9.47 Å². The molecular formula is C29H44O8. The number of hydrogen-bond acceptors (Lipinski definition) is 8. The van der Waals surface area contributed by atoms with Gasteiger partial charge in [-0.3, -0.25) is 14.4 Å². The Bertz CT molecular complexity index is 754. The molecule has 37 heavy (non-hydrogen) atoms. The number of hydrogen-bond donors (Lipinski definition) is 0. The Morgan fingerprint density at radius 3 is 1.46 bits per heavy atom. The molecule has 1 aromatic rings. The first-order chi connectivity index (χ1) is 17.9. The summed E-state index contributed by atoms with van der Waals surface area (Å²) in [5.74, 6) is -2.01. The number of unbranched alkanes of at least 4 members (excludes halogenated alkanes) is 10. The Kier molecular flexibility index (Phi) is 21.5. The number of carbonyl (C=O) groups excluding carboxylic acids is 5. The van der Waals surface area contributed by atoms with Crippen LogP contribution < -0.4 is 0 Å². The zero-order valence-electron chi connectivity index (χ0n) is 22.8. The molecule has 0 aliphatic carbocycles. The highest BCUT2D eigenvalue weighted by molar-refractivity contribution is 6.03.